The van der Waals surface area contributed by atoms with Crippen LogP contribution in [0.4, 0.5) is 28.9 Å². The van der Waals surface area contributed by atoms with Crippen molar-refractivity contribution in [1.82, 2.24) is 5.06 Å². The Morgan fingerprint density at radius 2 is 1.62 bits per heavy atom. The number of benzene rings is 2. The number of hydrogen-bond donors (Lipinski definition) is 0. The van der Waals surface area contributed by atoms with Gasteiger partial charge in [-0.3, -0.25) is 9.59 Å². The number of rotatable bonds is 15. The molecule has 0 aliphatic carbocycles. The van der Waals surface area contributed by atoms with Crippen molar-refractivity contribution >= 4 is 50.6 Å². The summed E-state index contributed by atoms with van der Waals surface area (Å²) < 4.78 is 104. The second-order valence-electron chi connectivity index (χ2n) is 18.1. The van der Waals surface area contributed by atoms with Crippen LogP contribution in [-0.4, -0.2) is 71.5 Å². The third-order valence-electron chi connectivity index (χ3n) is 12.5. The number of hydroxylamine groups is 2. The van der Waals surface area contributed by atoms with Crippen molar-refractivity contribution in [3.8, 4) is 5.75 Å². The zero-order valence-corrected chi connectivity index (χ0v) is 36.9. The van der Waals surface area contributed by atoms with E-state index in [0.29, 0.717) is 11.5 Å². The summed E-state index contributed by atoms with van der Waals surface area (Å²) in [6.45, 7) is 9.84. The van der Waals surface area contributed by atoms with Crippen molar-refractivity contribution in [2.75, 3.05) is 30.3 Å². The molecule has 0 N–H and O–H groups in total. The Kier molecular flexibility index (Phi) is 13.3. The lowest BCUT2D eigenvalue weighted by molar-refractivity contribution is -0.441. The summed E-state index contributed by atoms with van der Waals surface area (Å²) in [6, 6.07) is 2.23. The summed E-state index contributed by atoms with van der Waals surface area (Å²) in [7, 11) is -4.58. The SMILES string of the molecule is CC(C)(C)C1=CC(=CC=CC=CC2=[N+](CCCCCC(=O)ON3C(=O)CCC3=O)c3c(F)c(F)c(F)c(F)c3C2(C)CCCCS(=O)(=O)[O-])c2cc3c4c(c2O1)CCCN4CCC3. The predicted molar refractivity (Wildman–Crippen MR) is 227 cm³/mol. The average Bonchev–Trinajstić information content (AvgIpc) is 3.67. The van der Waals surface area contributed by atoms with Gasteiger partial charge in [-0.05, 0) is 81.6 Å². The fraction of sp³-hybridized carbons (Fsp3) is 0.489. The Morgan fingerprint density at radius 1 is 0.921 bits per heavy atom. The smallest absolute Gasteiger partial charge is 0.333 e. The maximum Gasteiger partial charge on any atom is 0.333 e. The molecule has 11 nitrogen and oxygen atoms in total. The monoisotopic (exact) mass is 895 g/mol. The first-order valence-electron chi connectivity index (χ1n) is 21.7. The van der Waals surface area contributed by atoms with Crippen molar-refractivity contribution < 1.29 is 59.1 Å². The lowest BCUT2D eigenvalue weighted by Crippen LogP contribution is -2.35. The molecule has 2 aromatic carbocycles. The number of ether oxygens (including phenoxy) is 1. The summed E-state index contributed by atoms with van der Waals surface area (Å²) in [6.07, 6.45) is 15.3. The molecule has 16 heteroatoms. The van der Waals surface area contributed by atoms with Crippen LogP contribution >= 0.6 is 0 Å². The van der Waals surface area contributed by atoms with Gasteiger partial charge in [-0.15, -0.1) is 5.06 Å². The van der Waals surface area contributed by atoms with Crippen LogP contribution in [0.25, 0.3) is 5.57 Å². The highest BCUT2D eigenvalue weighted by Gasteiger charge is 2.53. The zero-order valence-electron chi connectivity index (χ0n) is 36.1. The van der Waals surface area contributed by atoms with Gasteiger partial charge >= 0.3 is 5.97 Å². The highest BCUT2D eigenvalue weighted by molar-refractivity contribution is 7.85. The molecular weight excluding hydrogens is 843 g/mol. The van der Waals surface area contributed by atoms with E-state index in [2.05, 4.69) is 31.7 Å². The van der Waals surface area contributed by atoms with E-state index < -0.39 is 73.6 Å². The van der Waals surface area contributed by atoms with Gasteiger partial charge in [0.1, 0.15) is 18.1 Å². The Morgan fingerprint density at radius 3 is 2.32 bits per heavy atom. The fourth-order valence-corrected chi connectivity index (χ4v) is 9.92. The number of fused-ring (bicyclic) bond motifs is 3. The molecule has 2 amide bonds. The van der Waals surface area contributed by atoms with Gasteiger partial charge in [0.15, 0.2) is 17.3 Å². The lowest BCUT2D eigenvalue weighted by Gasteiger charge is -2.40. The molecule has 0 spiro atoms. The van der Waals surface area contributed by atoms with Gasteiger partial charge < -0.3 is 19.0 Å². The summed E-state index contributed by atoms with van der Waals surface area (Å²) in [5.74, 6) is -8.15. The highest BCUT2D eigenvalue weighted by Crippen LogP contribution is 2.50. The first-order valence-corrected chi connectivity index (χ1v) is 23.3. The van der Waals surface area contributed by atoms with Gasteiger partial charge in [0, 0.05) is 72.8 Å². The molecular formula is C47H53F4N3O8S. The van der Waals surface area contributed by atoms with E-state index in [4.69, 9.17) is 9.57 Å². The molecule has 1 saturated heterocycles. The molecule has 1 atom stereocenters. The van der Waals surface area contributed by atoms with Gasteiger partial charge in [-0.25, -0.2) is 26.4 Å². The molecule has 7 rings (SSSR count). The minimum absolute atomic E-state index is 0.0220. The molecule has 0 bridgehead atoms. The molecule has 2 aromatic rings. The van der Waals surface area contributed by atoms with Gasteiger partial charge in [-0.2, -0.15) is 8.97 Å². The summed E-state index contributed by atoms with van der Waals surface area (Å²) >= 11 is 0. The number of aryl methyl sites for hydroxylation is 1. The number of hydrogen-bond acceptors (Lipinski definition) is 9. The van der Waals surface area contributed by atoms with E-state index in [1.807, 2.05) is 18.2 Å². The van der Waals surface area contributed by atoms with Crippen LogP contribution in [0.1, 0.15) is 121 Å². The number of anilines is 1. The van der Waals surface area contributed by atoms with E-state index in [0.717, 1.165) is 61.4 Å². The van der Waals surface area contributed by atoms with Crippen LogP contribution in [0, 0.1) is 28.7 Å². The van der Waals surface area contributed by atoms with Crippen molar-refractivity contribution in [3.63, 3.8) is 0 Å². The minimum atomic E-state index is -4.58. The van der Waals surface area contributed by atoms with Crippen LogP contribution in [0.3, 0.4) is 0 Å². The number of amides is 2. The second kappa shape index (κ2) is 18.2. The minimum Gasteiger partial charge on any atom is -0.748 e. The first kappa shape index (κ1) is 45.9. The van der Waals surface area contributed by atoms with Crippen molar-refractivity contribution in [2.45, 2.75) is 117 Å². The first-order chi connectivity index (χ1) is 29.8. The Balaban J connectivity index is 1.20. The number of halogens is 4. The molecule has 0 saturated carbocycles. The quantitative estimate of drug-likeness (QED) is 0.0251. The largest absolute Gasteiger partial charge is 0.748 e. The number of carbonyl (C=O) groups excluding carboxylic acids is 3. The van der Waals surface area contributed by atoms with E-state index >= 15 is 17.6 Å². The maximum absolute atomic E-state index is 16.0. The van der Waals surface area contributed by atoms with E-state index in [-0.39, 0.29) is 69.0 Å². The van der Waals surface area contributed by atoms with E-state index in [1.165, 1.54) is 21.4 Å². The predicted octanol–water partition coefficient (Wildman–Crippen LogP) is 8.70. The third kappa shape index (κ3) is 9.43. The van der Waals surface area contributed by atoms with Crippen molar-refractivity contribution in [2.24, 2.45) is 5.41 Å². The molecule has 338 valence electrons. The van der Waals surface area contributed by atoms with Crippen LogP contribution in [0.15, 0.2) is 48.3 Å². The molecule has 1 fully saturated rings. The van der Waals surface area contributed by atoms with Crippen molar-refractivity contribution in [1.29, 1.82) is 0 Å². The van der Waals surface area contributed by atoms with E-state index in [9.17, 15) is 27.4 Å². The normalized spacial score (nSPS) is 20.5. The van der Waals surface area contributed by atoms with Crippen LogP contribution in [0.2, 0.25) is 0 Å². The van der Waals surface area contributed by atoms with Gasteiger partial charge in [-0.1, -0.05) is 51.5 Å². The third-order valence-corrected chi connectivity index (χ3v) is 13.3. The maximum atomic E-state index is 16.0. The molecule has 0 aromatic heterocycles. The number of imide groups is 1. The van der Waals surface area contributed by atoms with Gasteiger partial charge in [0.25, 0.3) is 17.5 Å². The van der Waals surface area contributed by atoms with Crippen LogP contribution in [-0.2, 0) is 47.6 Å². The number of carbonyl (C=O) groups is 3. The summed E-state index contributed by atoms with van der Waals surface area (Å²) in [5.41, 5.74) is 3.33. The van der Waals surface area contributed by atoms with Gasteiger partial charge in [0.05, 0.1) is 21.1 Å². The Hall–Kier alpha value is -5.09. The molecule has 5 aliphatic rings. The molecule has 5 heterocycles. The molecule has 5 aliphatic heterocycles. The fourth-order valence-electron chi connectivity index (χ4n) is 9.36. The highest BCUT2D eigenvalue weighted by atomic mass is 32.2. The number of allylic oxidation sites excluding steroid dienone is 8. The Labute approximate surface area is 365 Å². The lowest BCUT2D eigenvalue weighted by atomic mass is 9.75. The van der Waals surface area contributed by atoms with Crippen LogP contribution < -0.4 is 9.64 Å². The topological polar surface area (TPSA) is 136 Å². The van der Waals surface area contributed by atoms with Gasteiger partial charge in [0.2, 0.25) is 11.6 Å². The van der Waals surface area contributed by atoms with E-state index in [1.54, 1.807) is 25.2 Å². The number of nitrogens with zero attached hydrogens (tertiary/aromatic N) is 3. The Bertz CT molecular complexity index is 2490. The molecule has 0 radical (unpaired) electrons. The molecule has 63 heavy (non-hydrogen) atoms. The standard InChI is InChI=1S/C47H53F4N3O8S/c1-46(2,3)34-28-29(32-27-30-16-13-23-52-24-14-17-31(43(30)52)45(32)61-34)15-7-5-8-18-33-47(4,22-10-12-26-63(58,59)60)38-39(48)40(49)41(50)42(51)44(38)53(33)25-11-6-9-19-37(57)62-54-35(55)20-21-36(54)56/h5,7-8,15,18,27-28H,6,9-14,16-17,19-26H2,1-4H3. The summed E-state index contributed by atoms with van der Waals surface area (Å²) in [4.78, 5) is 43.5. The number of unbranched alkanes of at least 4 members (excludes halogenated alkanes) is 3. The van der Waals surface area contributed by atoms with Crippen LogP contribution in [0.5, 0.6) is 5.75 Å². The zero-order chi connectivity index (χ0) is 45.4. The average molecular weight is 896 g/mol. The molecule has 1 unspecified atom stereocenters. The summed E-state index contributed by atoms with van der Waals surface area (Å²) in [5, 5.41) is 0.457. The second-order valence-corrected chi connectivity index (χ2v) is 19.6. The van der Waals surface area contributed by atoms with Crippen molar-refractivity contribution in [3.05, 3.63) is 93.8 Å².